The van der Waals surface area contributed by atoms with Crippen LogP contribution in [0.2, 0.25) is 0 Å². The molecule has 1 unspecified atom stereocenters. The van der Waals surface area contributed by atoms with Crippen molar-refractivity contribution in [2.75, 3.05) is 0 Å². The first-order valence-electron chi connectivity index (χ1n) is 6.13. The Bertz CT molecular complexity index is 697. The molecule has 108 valence electrons. The molecule has 1 atom stereocenters. The van der Waals surface area contributed by atoms with Gasteiger partial charge in [0.15, 0.2) is 0 Å². The van der Waals surface area contributed by atoms with E-state index in [9.17, 15) is 18.3 Å². The van der Waals surface area contributed by atoms with Crippen molar-refractivity contribution in [2.24, 2.45) is 5.73 Å². The second-order valence-corrected chi connectivity index (χ2v) is 5.86. The number of benzene rings is 1. The van der Waals surface area contributed by atoms with Crippen LogP contribution in [0.4, 0.5) is 13.2 Å². The van der Waals surface area contributed by atoms with Crippen molar-refractivity contribution in [3.63, 3.8) is 0 Å². The zero-order valence-electron chi connectivity index (χ0n) is 10.3. The molecular weight excluding hydrogens is 337 g/mol. The highest BCUT2D eigenvalue weighted by Gasteiger charge is 2.37. The first kappa shape index (κ1) is 13.9. The number of nitrogens with one attached hydrogen (secondary N) is 1. The van der Waals surface area contributed by atoms with Crippen LogP contribution in [0.3, 0.4) is 0 Å². The number of nitrogens with two attached hydrogens (primary N) is 1. The van der Waals surface area contributed by atoms with Gasteiger partial charge in [0, 0.05) is 29.5 Å². The van der Waals surface area contributed by atoms with Crippen molar-refractivity contribution in [3.05, 3.63) is 33.2 Å². The Hall–Kier alpha value is -1.05. The highest BCUT2D eigenvalue weighted by molar-refractivity contribution is 9.10. The Morgan fingerprint density at radius 2 is 2.15 bits per heavy atom. The van der Waals surface area contributed by atoms with E-state index in [0.717, 1.165) is 6.07 Å². The first-order valence-corrected chi connectivity index (χ1v) is 6.92. The van der Waals surface area contributed by atoms with Crippen LogP contribution in [0, 0.1) is 5.82 Å². The number of aryl methyl sites for hydroxylation is 1. The lowest BCUT2D eigenvalue weighted by Crippen LogP contribution is -2.25. The molecule has 1 heterocycles. The van der Waals surface area contributed by atoms with Gasteiger partial charge in [-0.1, -0.05) is 0 Å². The predicted octanol–water partition coefficient (Wildman–Crippen LogP) is 3.14. The van der Waals surface area contributed by atoms with Gasteiger partial charge in [-0.3, -0.25) is 0 Å². The fraction of sp³-hybridized carbons (Fsp3) is 0.385. The second-order valence-electron chi connectivity index (χ2n) is 5.07. The maximum absolute atomic E-state index is 13.9. The lowest BCUT2D eigenvalue weighted by molar-refractivity contribution is -0.0121. The highest BCUT2D eigenvalue weighted by atomic mass is 79.9. The Balaban J connectivity index is 2.34. The van der Waals surface area contributed by atoms with Crippen molar-refractivity contribution in [1.82, 2.24) is 4.98 Å². The summed E-state index contributed by atoms with van der Waals surface area (Å²) in [6.07, 6.45) is -1.87. The minimum absolute atomic E-state index is 0.118. The summed E-state index contributed by atoms with van der Waals surface area (Å²) in [5, 5.41) is 9.87. The molecule has 20 heavy (non-hydrogen) atoms. The third-order valence-corrected chi connectivity index (χ3v) is 4.46. The van der Waals surface area contributed by atoms with Crippen molar-refractivity contribution in [2.45, 2.75) is 31.4 Å². The quantitative estimate of drug-likeness (QED) is 0.693. The number of rotatable bonds is 1. The second kappa shape index (κ2) is 4.47. The van der Waals surface area contributed by atoms with Crippen LogP contribution in [-0.2, 0) is 12.8 Å². The van der Waals surface area contributed by atoms with E-state index in [4.69, 9.17) is 5.73 Å². The van der Waals surface area contributed by atoms with Crippen LogP contribution in [0.5, 0.6) is 0 Å². The van der Waals surface area contributed by atoms with Gasteiger partial charge >= 0.3 is 0 Å². The largest absolute Gasteiger partial charge is 0.374 e. The SMILES string of the molecule is NC(O)c1cc(F)c(Br)c2c3c([nH]c12)CCC(F)(F)C3. The monoisotopic (exact) mass is 348 g/mol. The van der Waals surface area contributed by atoms with E-state index in [2.05, 4.69) is 20.9 Å². The smallest absolute Gasteiger partial charge is 0.252 e. The Morgan fingerprint density at radius 1 is 1.45 bits per heavy atom. The lowest BCUT2D eigenvalue weighted by Gasteiger charge is -2.22. The van der Waals surface area contributed by atoms with E-state index in [1.165, 1.54) is 0 Å². The molecule has 0 spiro atoms. The third-order valence-electron chi connectivity index (χ3n) is 3.69. The molecule has 0 saturated carbocycles. The number of aromatic amines is 1. The molecule has 0 amide bonds. The van der Waals surface area contributed by atoms with Gasteiger partial charge in [0.05, 0.1) is 9.99 Å². The standard InChI is InChI=1S/C13H12BrF3N2O/c14-10-7(15)3-5(12(18)20)11-9(10)6-4-13(16,17)2-1-8(6)19-11/h3,12,19-20H,1-2,4,18H2. The predicted molar refractivity (Wildman–Crippen MR) is 72.1 cm³/mol. The Kier molecular flexibility index (Phi) is 3.11. The van der Waals surface area contributed by atoms with E-state index < -0.39 is 24.4 Å². The van der Waals surface area contributed by atoms with Crippen LogP contribution in [0.25, 0.3) is 10.9 Å². The first-order chi connectivity index (χ1) is 9.30. The number of hydrogen-bond donors (Lipinski definition) is 3. The molecule has 7 heteroatoms. The van der Waals surface area contributed by atoms with E-state index >= 15 is 0 Å². The van der Waals surface area contributed by atoms with Crippen LogP contribution in [0.1, 0.15) is 29.5 Å². The number of hydrogen-bond acceptors (Lipinski definition) is 2. The van der Waals surface area contributed by atoms with Crippen molar-refractivity contribution in [1.29, 1.82) is 0 Å². The molecule has 4 N–H and O–H groups in total. The van der Waals surface area contributed by atoms with Crippen LogP contribution in [0.15, 0.2) is 10.5 Å². The van der Waals surface area contributed by atoms with Gasteiger partial charge < -0.3 is 15.8 Å². The molecular formula is C13H12BrF3N2O. The van der Waals surface area contributed by atoms with Gasteiger partial charge in [-0.2, -0.15) is 0 Å². The van der Waals surface area contributed by atoms with Crippen molar-refractivity contribution in [3.8, 4) is 0 Å². The molecule has 0 saturated heterocycles. The molecule has 1 aromatic carbocycles. The summed E-state index contributed by atoms with van der Waals surface area (Å²) in [4.78, 5) is 3.00. The lowest BCUT2D eigenvalue weighted by atomic mass is 9.92. The summed E-state index contributed by atoms with van der Waals surface area (Å²) < 4.78 is 41.2. The summed E-state index contributed by atoms with van der Waals surface area (Å²) in [5.74, 6) is -3.43. The number of H-pyrrole nitrogens is 1. The minimum Gasteiger partial charge on any atom is -0.374 e. The average Bonchev–Trinajstić information content (AvgIpc) is 2.70. The average molecular weight is 349 g/mol. The highest BCUT2D eigenvalue weighted by Crippen LogP contribution is 2.41. The molecule has 3 nitrogen and oxygen atoms in total. The van der Waals surface area contributed by atoms with E-state index in [1.54, 1.807) is 0 Å². The summed E-state index contributed by atoms with van der Waals surface area (Å²) in [5.41, 5.74) is 7.04. The summed E-state index contributed by atoms with van der Waals surface area (Å²) in [6, 6.07) is 1.11. The molecule has 3 rings (SSSR count). The molecule has 0 radical (unpaired) electrons. The van der Waals surface area contributed by atoms with Crippen LogP contribution in [-0.4, -0.2) is 16.0 Å². The molecule has 1 aromatic heterocycles. The molecule has 1 aliphatic carbocycles. The fourth-order valence-corrected chi connectivity index (χ4v) is 3.29. The number of aromatic nitrogens is 1. The molecule has 0 bridgehead atoms. The van der Waals surface area contributed by atoms with Gasteiger partial charge in [0.25, 0.3) is 5.92 Å². The Morgan fingerprint density at radius 3 is 2.80 bits per heavy atom. The van der Waals surface area contributed by atoms with Gasteiger partial charge in [0.2, 0.25) is 0 Å². The number of aliphatic hydroxyl groups excluding tert-OH is 1. The van der Waals surface area contributed by atoms with Crippen molar-refractivity contribution >= 4 is 26.8 Å². The summed E-state index contributed by atoms with van der Waals surface area (Å²) in [7, 11) is 0. The topological polar surface area (TPSA) is 62.0 Å². The van der Waals surface area contributed by atoms with Crippen LogP contribution >= 0.6 is 15.9 Å². The molecule has 0 aliphatic heterocycles. The number of aliphatic hydroxyl groups is 1. The van der Waals surface area contributed by atoms with Gasteiger partial charge in [-0.05, 0) is 34.0 Å². The maximum atomic E-state index is 13.9. The summed E-state index contributed by atoms with van der Waals surface area (Å²) in [6.45, 7) is 0. The maximum Gasteiger partial charge on any atom is 0.252 e. The van der Waals surface area contributed by atoms with Gasteiger partial charge in [-0.25, -0.2) is 13.2 Å². The van der Waals surface area contributed by atoms with Gasteiger partial charge in [0.1, 0.15) is 12.0 Å². The van der Waals surface area contributed by atoms with Crippen LogP contribution < -0.4 is 5.73 Å². The van der Waals surface area contributed by atoms with E-state index in [-0.39, 0.29) is 22.9 Å². The van der Waals surface area contributed by atoms with Gasteiger partial charge in [-0.15, -0.1) is 0 Å². The third kappa shape index (κ3) is 2.04. The van der Waals surface area contributed by atoms with E-state index in [1.807, 2.05) is 0 Å². The van der Waals surface area contributed by atoms with E-state index in [0.29, 0.717) is 22.2 Å². The normalized spacial score (nSPS) is 19.1. The zero-order chi connectivity index (χ0) is 14.7. The number of halogens is 4. The Labute approximate surface area is 121 Å². The molecule has 0 fully saturated rings. The molecule has 2 aromatic rings. The number of fused-ring (bicyclic) bond motifs is 3. The fourth-order valence-electron chi connectivity index (χ4n) is 2.74. The number of alkyl halides is 2. The molecule has 1 aliphatic rings. The minimum atomic E-state index is -2.80. The van der Waals surface area contributed by atoms with Crippen molar-refractivity contribution < 1.29 is 18.3 Å². The zero-order valence-corrected chi connectivity index (χ0v) is 11.9. The summed E-state index contributed by atoms with van der Waals surface area (Å²) >= 11 is 3.10.